The Morgan fingerprint density at radius 1 is 1.22 bits per heavy atom. The third kappa shape index (κ3) is 5.42. The summed E-state index contributed by atoms with van der Waals surface area (Å²) < 4.78 is 5.82. The van der Waals surface area contributed by atoms with Crippen molar-refractivity contribution in [1.82, 2.24) is 5.43 Å². The van der Waals surface area contributed by atoms with Crippen LogP contribution in [-0.2, 0) is 11.4 Å². The van der Waals surface area contributed by atoms with Crippen LogP contribution < -0.4 is 10.2 Å². The van der Waals surface area contributed by atoms with Crippen molar-refractivity contribution in [3.05, 3.63) is 64.7 Å². The minimum Gasteiger partial charge on any atom is -0.488 e. The number of carbonyl (C=O) groups excluding carboxylic acids is 1. The van der Waals surface area contributed by atoms with Crippen LogP contribution in [-0.4, -0.2) is 12.1 Å². The standard InChI is InChI=1S/C18H19ClN2O2/c1-13(2)18(22)21-20-11-15-5-3-4-6-17(15)23-12-14-7-9-16(19)10-8-14/h3-11,13H,12H2,1-2H3,(H,21,22)/b20-11-. The topological polar surface area (TPSA) is 50.7 Å². The number of ether oxygens (including phenoxy) is 1. The molecule has 0 saturated heterocycles. The van der Waals surface area contributed by atoms with E-state index in [2.05, 4.69) is 10.5 Å². The fourth-order valence-corrected chi connectivity index (χ4v) is 1.88. The van der Waals surface area contributed by atoms with Crippen molar-refractivity contribution in [2.45, 2.75) is 20.5 Å². The average Bonchev–Trinajstić information content (AvgIpc) is 2.55. The molecule has 0 fully saturated rings. The molecule has 1 amide bonds. The SMILES string of the molecule is CC(C)C(=O)N/N=C\c1ccccc1OCc1ccc(Cl)cc1. The number of nitrogens with one attached hydrogen (secondary N) is 1. The number of hydrogen-bond donors (Lipinski definition) is 1. The van der Waals surface area contributed by atoms with Crippen LogP contribution in [0.5, 0.6) is 5.75 Å². The molecule has 0 radical (unpaired) electrons. The third-order valence-electron chi connectivity index (χ3n) is 3.13. The molecule has 23 heavy (non-hydrogen) atoms. The summed E-state index contributed by atoms with van der Waals surface area (Å²) in [7, 11) is 0. The van der Waals surface area contributed by atoms with Gasteiger partial charge in [-0.3, -0.25) is 4.79 Å². The summed E-state index contributed by atoms with van der Waals surface area (Å²) in [5.74, 6) is 0.467. The Kier molecular flexibility index (Phi) is 6.18. The van der Waals surface area contributed by atoms with E-state index in [0.29, 0.717) is 17.4 Å². The lowest BCUT2D eigenvalue weighted by molar-refractivity contribution is -0.123. The number of hydrazone groups is 1. The number of carbonyl (C=O) groups is 1. The van der Waals surface area contributed by atoms with Gasteiger partial charge < -0.3 is 4.74 Å². The van der Waals surface area contributed by atoms with Gasteiger partial charge in [0.15, 0.2) is 0 Å². The van der Waals surface area contributed by atoms with Gasteiger partial charge in [-0.05, 0) is 29.8 Å². The molecule has 0 bridgehead atoms. The predicted octanol–water partition coefficient (Wildman–Crippen LogP) is 4.03. The lowest BCUT2D eigenvalue weighted by atomic mass is 10.2. The second kappa shape index (κ2) is 8.34. The summed E-state index contributed by atoms with van der Waals surface area (Å²) in [6, 6.07) is 15.0. The maximum Gasteiger partial charge on any atom is 0.242 e. The van der Waals surface area contributed by atoms with E-state index in [9.17, 15) is 4.79 Å². The number of hydrogen-bond acceptors (Lipinski definition) is 3. The summed E-state index contributed by atoms with van der Waals surface area (Å²) >= 11 is 5.87. The van der Waals surface area contributed by atoms with Crippen molar-refractivity contribution in [3.8, 4) is 5.75 Å². The van der Waals surface area contributed by atoms with Crippen molar-refractivity contribution < 1.29 is 9.53 Å². The maximum atomic E-state index is 11.5. The number of nitrogens with zero attached hydrogens (tertiary/aromatic N) is 1. The number of amides is 1. The summed E-state index contributed by atoms with van der Waals surface area (Å²) in [6.45, 7) is 4.06. The van der Waals surface area contributed by atoms with Crippen LogP contribution in [0.1, 0.15) is 25.0 Å². The zero-order chi connectivity index (χ0) is 16.7. The lowest BCUT2D eigenvalue weighted by Crippen LogP contribution is -2.22. The number of para-hydroxylation sites is 1. The zero-order valence-electron chi connectivity index (χ0n) is 13.1. The molecular formula is C18H19ClN2O2. The van der Waals surface area contributed by atoms with Gasteiger partial charge in [0, 0.05) is 16.5 Å². The first-order chi connectivity index (χ1) is 11.1. The molecule has 0 atom stereocenters. The van der Waals surface area contributed by atoms with Gasteiger partial charge in [0.1, 0.15) is 12.4 Å². The van der Waals surface area contributed by atoms with Gasteiger partial charge in [0.2, 0.25) is 5.91 Å². The normalized spacial score (nSPS) is 11.0. The van der Waals surface area contributed by atoms with Gasteiger partial charge in [-0.2, -0.15) is 5.10 Å². The number of rotatable bonds is 6. The van der Waals surface area contributed by atoms with Crippen molar-refractivity contribution in [3.63, 3.8) is 0 Å². The first-order valence-electron chi connectivity index (χ1n) is 7.35. The van der Waals surface area contributed by atoms with Crippen LogP contribution in [0.3, 0.4) is 0 Å². The third-order valence-corrected chi connectivity index (χ3v) is 3.38. The minimum atomic E-state index is -0.124. The van der Waals surface area contributed by atoms with E-state index in [0.717, 1.165) is 11.1 Å². The second-order valence-corrected chi connectivity index (χ2v) is 5.78. The monoisotopic (exact) mass is 330 g/mol. The molecule has 2 rings (SSSR count). The van der Waals surface area contributed by atoms with Crippen LogP contribution in [0.4, 0.5) is 0 Å². The highest BCUT2D eigenvalue weighted by Gasteiger charge is 2.05. The number of benzene rings is 2. The first-order valence-corrected chi connectivity index (χ1v) is 7.73. The first kappa shape index (κ1) is 17.0. The Hall–Kier alpha value is -2.33. The molecule has 0 heterocycles. The van der Waals surface area contributed by atoms with E-state index in [1.54, 1.807) is 6.21 Å². The molecule has 1 N–H and O–H groups in total. The van der Waals surface area contributed by atoms with Crippen molar-refractivity contribution in [2.24, 2.45) is 11.0 Å². The van der Waals surface area contributed by atoms with Gasteiger partial charge >= 0.3 is 0 Å². The smallest absolute Gasteiger partial charge is 0.242 e. The fourth-order valence-electron chi connectivity index (χ4n) is 1.75. The highest BCUT2D eigenvalue weighted by Crippen LogP contribution is 2.18. The minimum absolute atomic E-state index is 0.108. The van der Waals surface area contributed by atoms with E-state index in [-0.39, 0.29) is 11.8 Å². The van der Waals surface area contributed by atoms with Crippen molar-refractivity contribution in [2.75, 3.05) is 0 Å². The van der Waals surface area contributed by atoms with Crippen LogP contribution in [0, 0.1) is 5.92 Å². The van der Waals surface area contributed by atoms with Crippen molar-refractivity contribution in [1.29, 1.82) is 0 Å². The highest BCUT2D eigenvalue weighted by atomic mass is 35.5. The summed E-state index contributed by atoms with van der Waals surface area (Å²) in [4.78, 5) is 11.5. The zero-order valence-corrected chi connectivity index (χ0v) is 13.9. The molecule has 0 aliphatic heterocycles. The predicted molar refractivity (Wildman–Crippen MR) is 92.8 cm³/mol. The van der Waals surface area contributed by atoms with E-state index < -0.39 is 0 Å². The Balaban J connectivity index is 2.01. The van der Waals surface area contributed by atoms with E-state index in [1.165, 1.54) is 0 Å². The van der Waals surface area contributed by atoms with E-state index >= 15 is 0 Å². The van der Waals surface area contributed by atoms with Gasteiger partial charge in [0.05, 0.1) is 6.21 Å². The van der Waals surface area contributed by atoms with E-state index in [4.69, 9.17) is 16.3 Å². The Bertz CT molecular complexity index is 682. The quantitative estimate of drug-likeness (QED) is 0.642. The average molecular weight is 331 g/mol. The van der Waals surface area contributed by atoms with Gasteiger partial charge in [0.25, 0.3) is 0 Å². The Labute approximate surface area is 141 Å². The summed E-state index contributed by atoms with van der Waals surface area (Å²) in [5.41, 5.74) is 4.32. The molecule has 0 spiro atoms. The van der Waals surface area contributed by atoms with Crippen LogP contribution in [0.25, 0.3) is 0 Å². The molecule has 5 heteroatoms. The highest BCUT2D eigenvalue weighted by molar-refractivity contribution is 6.30. The van der Waals surface area contributed by atoms with E-state index in [1.807, 2.05) is 62.4 Å². The molecule has 120 valence electrons. The second-order valence-electron chi connectivity index (χ2n) is 5.34. The molecule has 4 nitrogen and oxygen atoms in total. The molecule has 0 aromatic heterocycles. The van der Waals surface area contributed by atoms with Crippen LogP contribution in [0.2, 0.25) is 5.02 Å². The van der Waals surface area contributed by atoms with Gasteiger partial charge in [-0.15, -0.1) is 0 Å². The maximum absolute atomic E-state index is 11.5. The molecule has 2 aromatic rings. The van der Waals surface area contributed by atoms with Gasteiger partial charge in [-0.1, -0.05) is 49.7 Å². The lowest BCUT2D eigenvalue weighted by Gasteiger charge is -2.09. The largest absolute Gasteiger partial charge is 0.488 e. The van der Waals surface area contributed by atoms with Crippen LogP contribution in [0.15, 0.2) is 53.6 Å². The fraction of sp³-hybridized carbons (Fsp3) is 0.222. The summed E-state index contributed by atoms with van der Waals surface area (Å²) in [6.07, 6.45) is 1.58. The Morgan fingerprint density at radius 3 is 2.61 bits per heavy atom. The molecule has 0 saturated carbocycles. The molecule has 0 aliphatic carbocycles. The van der Waals surface area contributed by atoms with Gasteiger partial charge in [-0.25, -0.2) is 5.43 Å². The molecule has 2 aromatic carbocycles. The summed E-state index contributed by atoms with van der Waals surface area (Å²) in [5, 5.41) is 4.66. The Morgan fingerprint density at radius 2 is 1.91 bits per heavy atom. The number of halogens is 1. The molecule has 0 unspecified atom stereocenters. The van der Waals surface area contributed by atoms with Crippen molar-refractivity contribution >= 4 is 23.7 Å². The molecule has 0 aliphatic rings. The molecular weight excluding hydrogens is 312 g/mol. The van der Waals surface area contributed by atoms with Crippen LogP contribution >= 0.6 is 11.6 Å².